The number of carboxylic acids is 1. The summed E-state index contributed by atoms with van der Waals surface area (Å²) in [5.74, 6) is -2.39. The molecule has 1 aromatic carbocycles. The molecular formula is C20H21N3O6. The van der Waals surface area contributed by atoms with Gasteiger partial charge in [-0.05, 0) is 24.1 Å². The van der Waals surface area contributed by atoms with Gasteiger partial charge < -0.3 is 15.2 Å². The molecule has 2 rings (SSSR count). The van der Waals surface area contributed by atoms with Gasteiger partial charge in [-0.3, -0.25) is 19.2 Å². The van der Waals surface area contributed by atoms with E-state index in [4.69, 9.17) is 5.11 Å². The predicted octanol–water partition coefficient (Wildman–Crippen LogP) is 0.946. The molecule has 152 valence electrons. The van der Waals surface area contributed by atoms with Gasteiger partial charge in [0.25, 0.3) is 5.56 Å². The van der Waals surface area contributed by atoms with E-state index in [1.807, 2.05) is 30.3 Å². The second kappa shape index (κ2) is 9.98. The Balaban J connectivity index is 2.21. The zero-order chi connectivity index (χ0) is 21.4. The van der Waals surface area contributed by atoms with Crippen LogP contribution in [0, 0.1) is 0 Å². The number of rotatable bonds is 9. The number of aryl methyl sites for hydroxylation is 1. The number of hydrogen-bond donors (Lipinski definition) is 2. The fraction of sp³-hybridized carbons (Fsp3) is 0.250. The lowest BCUT2D eigenvalue weighted by molar-refractivity contribution is -0.138. The Morgan fingerprint density at radius 2 is 1.86 bits per heavy atom. The molecule has 2 amide bonds. The molecule has 9 heteroatoms. The highest BCUT2D eigenvalue weighted by Crippen LogP contribution is 2.07. The number of nitrogens with zero attached hydrogens (tertiary/aromatic N) is 2. The summed E-state index contributed by atoms with van der Waals surface area (Å²) in [6.45, 7) is 1.11. The van der Waals surface area contributed by atoms with E-state index in [0.29, 0.717) is 6.42 Å². The van der Waals surface area contributed by atoms with Gasteiger partial charge in [-0.25, -0.2) is 9.69 Å². The van der Waals surface area contributed by atoms with Crippen LogP contribution < -0.4 is 15.9 Å². The predicted molar refractivity (Wildman–Crippen MR) is 105 cm³/mol. The molecule has 29 heavy (non-hydrogen) atoms. The van der Waals surface area contributed by atoms with Crippen LogP contribution in [0.3, 0.4) is 0 Å². The van der Waals surface area contributed by atoms with E-state index in [2.05, 4.69) is 5.32 Å². The first-order chi connectivity index (χ1) is 13.8. The molecule has 1 aromatic heterocycles. The molecular weight excluding hydrogens is 378 g/mol. The highest BCUT2D eigenvalue weighted by atomic mass is 16.4. The molecule has 9 nitrogen and oxygen atoms in total. The van der Waals surface area contributed by atoms with Crippen molar-refractivity contribution in [2.75, 3.05) is 10.3 Å². The molecule has 0 saturated carbocycles. The van der Waals surface area contributed by atoms with Crippen molar-refractivity contribution < 1.29 is 24.3 Å². The summed E-state index contributed by atoms with van der Waals surface area (Å²) in [6.07, 6.45) is 1.47. The number of aliphatic carboxylic acids is 1. The fourth-order valence-corrected chi connectivity index (χ4v) is 2.78. The largest absolute Gasteiger partial charge is 0.481 e. The summed E-state index contributed by atoms with van der Waals surface area (Å²) in [7, 11) is 0. The van der Waals surface area contributed by atoms with E-state index in [0.717, 1.165) is 22.2 Å². The first kappa shape index (κ1) is 21.5. The number of nitrogens with one attached hydrogen (secondary N) is 1. The zero-order valence-electron chi connectivity index (χ0n) is 15.8. The lowest BCUT2D eigenvalue weighted by Gasteiger charge is -2.27. The zero-order valence-corrected chi connectivity index (χ0v) is 15.8. The van der Waals surface area contributed by atoms with Gasteiger partial charge in [0.1, 0.15) is 18.0 Å². The van der Waals surface area contributed by atoms with Crippen molar-refractivity contribution in [1.29, 1.82) is 0 Å². The second-order valence-corrected chi connectivity index (χ2v) is 6.27. The minimum absolute atomic E-state index is 0.0863. The number of carboxylic acid groups (broad SMARTS) is 1. The van der Waals surface area contributed by atoms with Gasteiger partial charge >= 0.3 is 5.97 Å². The van der Waals surface area contributed by atoms with Gasteiger partial charge in [0, 0.05) is 19.5 Å². The van der Waals surface area contributed by atoms with Gasteiger partial charge in [0.15, 0.2) is 0 Å². The Kier molecular flexibility index (Phi) is 7.41. The summed E-state index contributed by atoms with van der Waals surface area (Å²) < 4.78 is 0.831. The Morgan fingerprint density at radius 1 is 1.17 bits per heavy atom. The third-order valence-corrected chi connectivity index (χ3v) is 4.10. The van der Waals surface area contributed by atoms with Gasteiger partial charge in [-0.1, -0.05) is 30.3 Å². The topological polar surface area (TPSA) is 126 Å². The van der Waals surface area contributed by atoms with Crippen molar-refractivity contribution in [3.63, 3.8) is 0 Å². The Bertz CT molecular complexity index is 954. The van der Waals surface area contributed by atoms with Crippen LogP contribution in [0.25, 0.3) is 0 Å². The van der Waals surface area contributed by atoms with Crippen molar-refractivity contribution in [2.24, 2.45) is 0 Å². The van der Waals surface area contributed by atoms with Crippen LogP contribution in [0.5, 0.6) is 0 Å². The van der Waals surface area contributed by atoms with Crippen LogP contribution in [0.15, 0.2) is 53.5 Å². The van der Waals surface area contributed by atoms with Crippen LogP contribution in [0.4, 0.5) is 5.69 Å². The van der Waals surface area contributed by atoms with Gasteiger partial charge in [-0.2, -0.15) is 0 Å². The summed E-state index contributed by atoms with van der Waals surface area (Å²) in [5.41, 5.74) is 0.128. The maximum Gasteiger partial charge on any atom is 0.305 e. The molecule has 0 aliphatic carbocycles. The number of anilines is 1. The average Bonchev–Trinajstić information content (AvgIpc) is 2.68. The number of pyridine rings is 1. The van der Waals surface area contributed by atoms with Crippen LogP contribution in [-0.4, -0.2) is 39.9 Å². The van der Waals surface area contributed by atoms with Gasteiger partial charge in [0.2, 0.25) is 11.8 Å². The highest BCUT2D eigenvalue weighted by Gasteiger charge is 2.26. The maximum atomic E-state index is 12.7. The Labute approximate surface area is 166 Å². The molecule has 1 unspecified atom stereocenters. The maximum absolute atomic E-state index is 12.7. The van der Waals surface area contributed by atoms with Crippen molar-refractivity contribution in [3.8, 4) is 0 Å². The van der Waals surface area contributed by atoms with Crippen molar-refractivity contribution >= 4 is 29.8 Å². The smallest absolute Gasteiger partial charge is 0.305 e. The minimum Gasteiger partial charge on any atom is -0.481 e. The number of carbonyl (C=O) groups excluding carboxylic acids is 3. The summed E-state index contributed by atoms with van der Waals surface area (Å²) in [6, 6.07) is 10.8. The van der Waals surface area contributed by atoms with E-state index in [9.17, 15) is 24.0 Å². The molecule has 1 heterocycles. The van der Waals surface area contributed by atoms with Crippen molar-refractivity contribution in [1.82, 2.24) is 4.68 Å². The van der Waals surface area contributed by atoms with Gasteiger partial charge in [-0.15, -0.1) is 0 Å². The third-order valence-electron chi connectivity index (χ3n) is 4.10. The number of carbonyl (C=O) groups is 4. The quantitative estimate of drug-likeness (QED) is 0.605. The van der Waals surface area contributed by atoms with Crippen LogP contribution in [0.2, 0.25) is 0 Å². The molecule has 0 aliphatic heterocycles. The molecule has 0 aliphatic rings. The number of aromatic nitrogens is 1. The summed E-state index contributed by atoms with van der Waals surface area (Å²) in [5, 5.41) is 12.2. The van der Waals surface area contributed by atoms with E-state index in [1.54, 1.807) is 0 Å². The Hall–Kier alpha value is -3.75. The van der Waals surface area contributed by atoms with Crippen molar-refractivity contribution in [3.05, 3.63) is 64.6 Å². The summed E-state index contributed by atoms with van der Waals surface area (Å²) in [4.78, 5) is 59.2. The van der Waals surface area contributed by atoms with Crippen LogP contribution >= 0.6 is 0 Å². The standard InChI is InChI=1S/C20H21N3O6/c1-14(25)23(16(13-24)12-19(27)28)22-11-5-8-17(20(22)29)21-18(26)10-9-15-6-3-2-4-7-15/h2-8,11,13,16H,9-10,12H2,1H3,(H,21,26)(H,27,28). The minimum atomic E-state index is -1.37. The van der Waals surface area contributed by atoms with Gasteiger partial charge in [0.05, 0.1) is 6.42 Å². The fourth-order valence-electron chi connectivity index (χ4n) is 2.78. The first-order valence-electron chi connectivity index (χ1n) is 8.86. The van der Waals surface area contributed by atoms with E-state index < -0.39 is 35.8 Å². The molecule has 0 bridgehead atoms. The molecule has 0 fully saturated rings. The second-order valence-electron chi connectivity index (χ2n) is 6.27. The molecule has 2 aromatic rings. The number of benzene rings is 1. The van der Waals surface area contributed by atoms with Crippen molar-refractivity contribution in [2.45, 2.75) is 32.2 Å². The lowest BCUT2D eigenvalue weighted by Crippen LogP contribution is -2.53. The number of amides is 2. The van der Waals surface area contributed by atoms with E-state index in [-0.39, 0.29) is 18.4 Å². The van der Waals surface area contributed by atoms with E-state index >= 15 is 0 Å². The first-order valence-corrected chi connectivity index (χ1v) is 8.86. The molecule has 1 atom stereocenters. The molecule has 2 N–H and O–H groups in total. The molecule has 0 saturated heterocycles. The summed E-state index contributed by atoms with van der Waals surface area (Å²) >= 11 is 0. The monoisotopic (exact) mass is 399 g/mol. The van der Waals surface area contributed by atoms with Crippen LogP contribution in [-0.2, 0) is 25.6 Å². The SMILES string of the molecule is CC(=O)N(C(C=O)CC(=O)O)n1cccc(NC(=O)CCc2ccccc2)c1=O. The number of hydrogen-bond acceptors (Lipinski definition) is 5. The third kappa shape index (κ3) is 5.86. The molecule has 0 radical (unpaired) electrons. The molecule has 0 spiro atoms. The lowest BCUT2D eigenvalue weighted by atomic mass is 10.1. The Morgan fingerprint density at radius 3 is 2.45 bits per heavy atom. The van der Waals surface area contributed by atoms with Crippen LogP contribution in [0.1, 0.15) is 25.3 Å². The number of aldehydes is 1. The normalized spacial score (nSPS) is 11.3. The highest BCUT2D eigenvalue weighted by molar-refractivity contribution is 5.91. The van der Waals surface area contributed by atoms with E-state index in [1.165, 1.54) is 18.3 Å². The average molecular weight is 399 g/mol.